The van der Waals surface area contributed by atoms with Gasteiger partial charge in [-0.3, -0.25) is 9.59 Å². The fraction of sp³-hybridized carbons (Fsp3) is 0.217. The molecule has 3 aromatic rings. The molecule has 0 fully saturated rings. The van der Waals surface area contributed by atoms with Crippen LogP contribution in [-0.2, 0) is 9.59 Å². The summed E-state index contributed by atoms with van der Waals surface area (Å²) in [6, 6.07) is 11.3. The van der Waals surface area contributed by atoms with Crippen molar-refractivity contribution in [1.82, 2.24) is 5.32 Å². The number of carbonyl (C=O) groups excluding carboxylic acids is 1. The highest BCUT2D eigenvalue weighted by Crippen LogP contribution is 2.40. The minimum atomic E-state index is -0.966. The van der Waals surface area contributed by atoms with Gasteiger partial charge < -0.3 is 24.3 Å². The van der Waals surface area contributed by atoms with Gasteiger partial charge in [-0.1, -0.05) is 18.2 Å². The first kappa shape index (κ1) is 21.0. The largest absolute Gasteiger partial charge is 0.496 e. The number of hydrogen-bond acceptors (Lipinski definition) is 5. The third kappa shape index (κ3) is 4.46. The number of fused-ring (bicyclic) bond motifs is 1. The van der Waals surface area contributed by atoms with Crippen molar-refractivity contribution in [1.29, 1.82) is 0 Å². The number of carboxylic acids is 1. The molecule has 0 atom stereocenters. The van der Waals surface area contributed by atoms with Crippen molar-refractivity contribution in [3.63, 3.8) is 0 Å². The van der Waals surface area contributed by atoms with Crippen LogP contribution in [0.1, 0.15) is 18.9 Å². The maximum Gasteiger partial charge on any atom is 0.305 e. The third-order valence-electron chi connectivity index (χ3n) is 4.70. The van der Waals surface area contributed by atoms with Gasteiger partial charge in [0.2, 0.25) is 5.91 Å². The molecule has 7 nitrogen and oxygen atoms in total. The van der Waals surface area contributed by atoms with Gasteiger partial charge in [0, 0.05) is 40.8 Å². The van der Waals surface area contributed by atoms with E-state index in [-0.39, 0.29) is 18.9 Å². The fourth-order valence-corrected chi connectivity index (χ4v) is 3.23. The van der Waals surface area contributed by atoms with E-state index in [4.69, 9.17) is 19.0 Å². The summed E-state index contributed by atoms with van der Waals surface area (Å²) >= 11 is 0. The van der Waals surface area contributed by atoms with Gasteiger partial charge in [-0.2, -0.15) is 0 Å². The number of nitrogens with one attached hydrogen (secondary N) is 1. The minimum Gasteiger partial charge on any atom is -0.496 e. The van der Waals surface area contributed by atoms with Gasteiger partial charge in [0.05, 0.1) is 26.9 Å². The second kappa shape index (κ2) is 9.17. The van der Waals surface area contributed by atoms with Gasteiger partial charge in [0.15, 0.2) is 0 Å². The lowest BCUT2D eigenvalue weighted by Crippen LogP contribution is -2.24. The zero-order valence-corrected chi connectivity index (χ0v) is 17.0. The van der Waals surface area contributed by atoms with E-state index in [0.717, 1.165) is 27.8 Å². The highest BCUT2D eigenvalue weighted by atomic mass is 16.5. The molecular formula is C23H23NO6. The first-order chi connectivity index (χ1) is 14.4. The fourth-order valence-electron chi connectivity index (χ4n) is 3.23. The van der Waals surface area contributed by atoms with Gasteiger partial charge >= 0.3 is 5.97 Å². The van der Waals surface area contributed by atoms with E-state index in [2.05, 4.69) is 5.32 Å². The molecule has 0 saturated heterocycles. The first-order valence-electron chi connectivity index (χ1n) is 9.35. The number of amides is 1. The van der Waals surface area contributed by atoms with Crippen LogP contribution in [0.15, 0.2) is 53.2 Å². The normalized spacial score (nSPS) is 11.4. The van der Waals surface area contributed by atoms with E-state index in [9.17, 15) is 9.59 Å². The standard InChI is InChI=1S/C23H23NO6/c1-14(10-22(25)24-9-8-23(26)27)16-11-17-18(13-30-21(17)12-20(16)29-3)15-6-4-5-7-19(15)28-2/h4-7,10-13H,8-9H2,1-3H3,(H,24,25)(H,26,27)/b14-10+. The SMILES string of the molecule is COc1cc2occ(-c3ccccc3OC)c2cc1/C(C)=C/C(=O)NCCC(=O)O. The lowest BCUT2D eigenvalue weighted by molar-refractivity contribution is -0.136. The van der Waals surface area contributed by atoms with Crippen molar-refractivity contribution in [2.45, 2.75) is 13.3 Å². The number of hydrogen-bond donors (Lipinski definition) is 2. The lowest BCUT2D eigenvalue weighted by atomic mass is 9.98. The zero-order valence-electron chi connectivity index (χ0n) is 17.0. The van der Waals surface area contributed by atoms with Crippen LogP contribution in [0.25, 0.3) is 27.7 Å². The number of ether oxygens (including phenoxy) is 2. The number of methoxy groups -OCH3 is 2. The van der Waals surface area contributed by atoms with Crippen molar-refractivity contribution in [3.05, 3.63) is 54.3 Å². The van der Waals surface area contributed by atoms with Crippen molar-refractivity contribution < 1.29 is 28.6 Å². The molecule has 1 amide bonds. The molecule has 0 aliphatic rings. The van der Waals surface area contributed by atoms with Crippen LogP contribution in [0, 0.1) is 0 Å². The maximum atomic E-state index is 12.1. The van der Waals surface area contributed by atoms with E-state index >= 15 is 0 Å². The Balaban J connectivity index is 2.01. The molecule has 0 aliphatic carbocycles. The van der Waals surface area contributed by atoms with E-state index in [1.54, 1.807) is 33.5 Å². The Kier molecular flexibility index (Phi) is 6.41. The number of para-hydroxylation sites is 1. The van der Waals surface area contributed by atoms with E-state index in [0.29, 0.717) is 16.9 Å². The Morgan fingerprint density at radius 3 is 2.53 bits per heavy atom. The van der Waals surface area contributed by atoms with Gasteiger partial charge in [-0.25, -0.2) is 0 Å². The van der Waals surface area contributed by atoms with E-state index < -0.39 is 5.97 Å². The van der Waals surface area contributed by atoms with Crippen LogP contribution in [0.5, 0.6) is 11.5 Å². The zero-order chi connectivity index (χ0) is 21.7. The molecule has 0 unspecified atom stereocenters. The monoisotopic (exact) mass is 409 g/mol. The summed E-state index contributed by atoms with van der Waals surface area (Å²) in [5.41, 5.74) is 3.81. The summed E-state index contributed by atoms with van der Waals surface area (Å²) in [6.45, 7) is 1.86. The summed E-state index contributed by atoms with van der Waals surface area (Å²) < 4.78 is 16.7. The first-order valence-corrected chi connectivity index (χ1v) is 9.35. The van der Waals surface area contributed by atoms with Crippen molar-refractivity contribution in [2.24, 2.45) is 0 Å². The summed E-state index contributed by atoms with van der Waals surface area (Å²) in [4.78, 5) is 22.7. The molecule has 0 aliphatic heterocycles. The average molecular weight is 409 g/mol. The molecule has 3 rings (SSSR count). The Hall–Kier alpha value is -3.74. The molecular weight excluding hydrogens is 386 g/mol. The van der Waals surface area contributed by atoms with Crippen molar-refractivity contribution in [2.75, 3.05) is 20.8 Å². The Morgan fingerprint density at radius 2 is 1.83 bits per heavy atom. The van der Waals surface area contributed by atoms with Crippen LogP contribution in [-0.4, -0.2) is 37.7 Å². The second-order valence-corrected chi connectivity index (χ2v) is 6.66. The minimum absolute atomic E-state index is 0.0633. The average Bonchev–Trinajstić information content (AvgIpc) is 3.15. The van der Waals surface area contributed by atoms with Gasteiger partial charge in [-0.05, 0) is 24.6 Å². The molecule has 1 heterocycles. The molecule has 1 aromatic heterocycles. The van der Waals surface area contributed by atoms with Crippen LogP contribution in [0.4, 0.5) is 0 Å². The summed E-state index contributed by atoms with van der Waals surface area (Å²) in [6.07, 6.45) is 2.96. The lowest BCUT2D eigenvalue weighted by Gasteiger charge is -2.11. The van der Waals surface area contributed by atoms with E-state index in [1.165, 1.54) is 6.08 Å². The predicted molar refractivity (Wildman–Crippen MR) is 114 cm³/mol. The number of allylic oxidation sites excluding steroid dienone is 1. The predicted octanol–water partition coefficient (Wildman–Crippen LogP) is 4.11. The third-order valence-corrected chi connectivity index (χ3v) is 4.70. The van der Waals surface area contributed by atoms with Gasteiger partial charge in [0.25, 0.3) is 0 Å². The summed E-state index contributed by atoms with van der Waals surface area (Å²) in [7, 11) is 3.17. The van der Waals surface area contributed by atoms with Gasteiger partial charge in [-0.15, -0.1) is 0 Å². The van der Waals surface area contributed by atoms with Crippen LogP contribution in [0.3, 0.4) is 0 Å². The maximum absolute atomic E-state index is 12.1. The number of aliphatic carboxylic acids is 1. The smallest absolute Gasteiger partial charge is 0.305 e. The number of carbonyl (C=O) groups is 2. The van der Waals surface area contributed by atoms with Gasteiger partial charge in [0.1, 0.15) is 17.1 Å². The molecule has 0 spiro atoms. The number of rotatable bonds is 8. The number of furan rings is 1. The molecule has 0 bridgehead atoms. The molecule has 156 valence electrons. The van der Waals surface area contributed by atoms with Crippen molar-refractivity contribution in [3.8, 4) is 22.6 Å². The van der Waals surface area contributed by atoms with E-state index in [1.807, 2.05) is 30.3 Å². The molecule has 30 heavy (non-hydrogen) atoms. The Labute approximate surface area is 173 Å². The molecule has 2 N–H and O–H groups in total. The highest BCUT2D eigenvalue weighted by Gasteiger charge is 2.16. The summed E-state index contributed by atoms with van der Waals surface area (Å²) in [5, 5.41) is 12.1. The Morgan fingerprint density at radius 1 is 1.10 bits per heavy atom. The van der Waals surface area contributed by atoms with Crippen molar-refractivity contribution >= 4 is 28.4 Å². The van der Waals surface area contributed by atoms with Crippen LogP contribution >= 0.6 is 0 Å². The summed E-state index contributed by atoms with van der Waals surface area (Å²) in [5.74, 6) is -0.0434. The molecule has 0 saturated carbocycles. The second-order valence-electron chi connectivity index (χ2n) is 6.66. The highest BCUT2D eigenvalue weighted by molar-refractivity contribution is 6.01. The quantitative estimate of drug-likeness (QED) is 0.544. The van der Waals surface area contributed by atoms with Crippen LogP contribution in [0.2, 0.25) is 0 Å². The molecule has 0 radical (unpaired) electrons. The molecule has 2 aromatic carbocycles. The number of benzene rings is 2. The molecule has 7 heteroatoms. The topological polar surface area (TPSA) is 98.0 Å². The Bertz CT molecular complexity index is 1110. The van der Waals surface area contributed by atoms with Crippen LogP contribution < -0.4 is 14.8 Å². The number of carboxylic acid groups (broad SMARTS) is 1.